The molecule has 23 heavy (non-hydrogen) atoms. The van der Waals surface area contributed by atoms with Crippen molar-refractivity contribution >= 4 is 12.3 Å². The Morgan fingerprint density at radius 1 is 1.30 bits per heavy atom. The van der Waals surface area contributed by atoms with Crippen molar-refractivity contribution in [2.75, 3.05) is 7.11 Å². The Hall–Kier alpha value is -2.77. The van der Waals surface area contributed by atoms with Gasteiger partial charge in [0, 0.05) is 0 Å². The van der Waals surface area contributed by atoms with Crippen molar-refractivity contribution in [2.24, 2.45) is 0 Å². The highest BCUT2D eigenvalue weighted by molar-refractivity contribution is 5.77. The van der Waals surface area contributed by atoms with Crippen LogP contribution in [0.3, 0.4) is 0 Å². The molecule has 0 saturated carbocycles. The lowest BCUT2D eigenvalue weighted by Gasteiger charge is -2.19. The summed E-state index contributed by atoms with van der Waals surface area (Å²) in [5.41, 5.74) is 0.519. The summed E-state index contributed by atoms with van der Waals surface area (Å²) in [6, 6.07) is 3.28. The minimum atomic E-state index is -0.559. The van der Waals surface area contributed by atoms with Crippen LogP contribution in [0.5, 0.6) is 5.75 Å². The number of pyridine rings is 1. The molecule has 2 aromatic heterocycles. The maximum absolute atomic E-state index is 11.8. The van der Waals surface area contributed by atoms with Gasteiger partial charge in [-0.15, -0.1) is 5.10 Å². The highest BCUT2D eigenvalue weighted by Gasteiger charge is 2.17. The Balaban J connectivity index is 2.16. The van der Waals surface area contributed by atoms with Crippen LogP contribution in [0.1, 0.15) is 31.3 Å². The molecule has 0 radical (unpaired) electrons. The van der Waals surface area contributed by atoms with E-state index in [1.54, 1.807) is 39.1 Å². The fraction of sp³-hybridized carbons (Fsp3) is 0.400. The Kier molecular flexibility index (Phi) is 4.73. The van der Waals surface area contributed by atoms with Gasteiger partial charge >= 0.3 is 5.97 Å². The van der Waals surface area contributed by atoms with Crippen molar-refractivity contribution in [1.82, 2.24) is 20.0 Å². The van der Waals surface area contributed by atoms with Crippen molar-refractivity contribution in [1.29, 1.82) is 0 Å². The summed E-state index contributed by atoms with van der Waals surface area (Å²) >= 11 is 0. The lowest BCUT2D eigenvalue weighted by molar-refractivity contribution is -0.155. The molecule has 0 unspecified atom stereocenters. The predicted octanol–water partition coefficient (Wildman–Crippen LogP) is 1.50. The van der Waals surface area contributed by atoms with Crippen LogP contribution >= 0.6 is 0 Å². The Labute approximate surface area is 133 Å². The first kappa shape index (κ1) is 16.6. The van der Waals surface area contributed by atoms with Crippen molar-refractivity contribution in [3.8, 4) is 17.1 Å². The van der Waals surface area contributed by atoms with Crippen LogP contribution in [0.4, 0.5) is 0 Å². The van der Waals surface area contributed by atoms with Crippen LogP contribution in [0, 0.1) is 0 Å². The summed E-state index contributed by atoms with van der Waals surface area (Å²) in [5.74, 6) is -0.0323. The summed E-state index contributed by atoms with van der Waals surface area (Å²) < 4.78 is 11.6. The Morgan fingerprint density at radius 2 is 2.04 bits per heavy atom. The van der Waals surface area contributed by atoms with Gasteiger partial charge in [0.05, 0.1) is 19.0 Å². The number of carbonyl (C=O) groups excluding carboxylic acids is 2. The number of hydrogen-bond acceptors (Lipinski definition) is 7. The van der Waals surface area contributed by atoms with Crippen LogP contribution in [-0.4, -0.2) is 44.9 Å². The number of rotatable bonds is 5. The number of carbonyl (C=O) groups is 2. The predicted molar refractivity (Wildman–Crippen MR) is 81.0 cm³/mol. The second kappa shape index (κ2) is 6.55. The van der Waals surface area contributed by atoms with E-state index in [-0.39, 0.29) is 12.2 Å². The van der Waals surface area contributed by atoms with Crippen LogP contribution in [0.15, 0.2) is 18.3 Å². The molecule has 0 aliphatic carbocycles. The van der Waals surface area contributed by atoms with Crippen LogP contribution in [0.2, 0.25) is 0 Å². The molecule has 0 atom stereocenters. The maximum Gasteiger partial charge on any atom is 0.328 e. The van der Waals surface area contributed by atoms with E-state index in [2.05, 4.69) is 15.3 Å². The molecule has 2 heterocycles. The largest absolute Gasteiger partial charge is 0.494 e. The third kappa shape index (κ3) is 4.35. The van der Waals surface area contributed by atoms with E-state index in [1.165, 1.54) is 11.8 Å². The van der Waals surface area contributed by atoms with Crippen molar-refractivity contribution < 1.29 is 19.1 Å². The zero-order valence-corrected chi connectivity index (χ0v) is 13.4. The number of hydrogen-bond donors (Lipinski definition) is 0. The highest BCUT2D eigenvalue weighted by atomic mass is 16.6. The van der Waals surface area contributed by atoms with Gasteiger partial charge in [0.25, 0.3) is 0 Å². The molecule has 8 heteroatoms. The molecule has 0 saturated heterocycles. The summed E-state index contributed by atoms with van der Waals surface area (Å²) in [6.45, 7) is 5.32. The van der Waals surface area contributed by atoms with Gasteiger partial charge in [-0.05, 0) is 32.9 Å². The second-order valence-corrected chi connectivity index (χ2v) is 5.79. The first-order valence-corrected chi connectivity index (χ1v) is 6.95. The number of ether oxygens (including phenoxy) is 2. The van der Waals surface area contributed by atoms with Gasteiger partial charge in [-0.2, -0.15) is 0 Å². The van der Waals surface area contributed by atoms with Crippen LogP contribution in [-0.2, 0) is 16.1 Å². The number of aromatic nitrogens is 4. The number of methoxy groups -OCH3 is 1. The molecule has 0 N–H and O–H groups in total. The normalized spacial score (nSPS) is 11.1. The van der Waals surface area contributed by atoms with E-state index >= 15 is 0 Å². The van der Waals surface area contributed by atoms with Gasteiger partial charge in [0.1, 0.15) is 29.3 Å². The van der Waals surface area contributed by atoms with Crippen molar-refractivity contribution in [3.05, 3.63) is 24.0 Å². The minimum absolute atomic E-state index is 0.0546. The molecule has 0 bridgehead atoms. The smallest absolute Gasteiger partial charge is 0.328 e. The molecular weight excluding hydrogens is 300 g/mol. The summed E-state index contributed by atoms with van der Waals surface area (Å²) in [4.78, 5) is 26.9. The third-order valence-corrected chi connectivity index (χ3v) is 2.73. The Morgan fingerprint density at radius 3 is 2.65 bits per heavy atom. The summed E-state index contributed by atoms with van der Waals surface area (Å²) in [7, 11) is 1.46. The number of aldehydes is 1. The zero-order valence-electron chi connectivity index (χ0n) is 13.4. The van der Waals surface area contributed by atoms with E-state index in [0.717, 1.165) is 0 Å². The molecule has 8 nitrogen and oxygen atoms in total. The third-order valence-electron chi connectivity index (χ3n) is 2.73. The molecule has 0 spiro atoms. The van der Waals surface area contributed by atoms with Gasteiger partial charge in [-0.1, -0.05) is 5.21 Å². The molecule has 122 valence electrons. The number of nitrogens with zero attached hydrogens (tertiary/aromatic N) is 4. The topological polar surface area (TPSA) is 96.2 Å². The SMILES string of the molecule is COc1ccc(-c2cn(CC(=O)OC(C)(C)C)nn2)nc1C=O. The molecule has 0 aromatic carbocycles. The standard InChI is InChI=1S/C15H18N4O4/c1-15(2,3)23-14(21)8-19-7-11(17-18-19)10-5-6-13(22-4)12(9-20)16-10/h5-7,9H,8H2,1-4H3. The van der Waals surface area contributed by atoms with E-state index in [1.807, 2.05) is 0 Å². The first-order valence-electron chi connectivity index (χ1n) is 6.95. The van der Waals surface area contributed by atoms with E-state index in [4.69, 9.17) is 9.47 Å². The Bertz CT molecular complexity index is 719. The fourth-order valence-corrected chi connectivity index (χ4v) is 1.86. The van der Waals surface area contributed by atoms with E-state index in [0.29, 0.717) is 23.4 Å². The molecule has 0 aliphatic heterocycles. The quantitative estimate of drug-likeness (QED) is 0.609. The first-order chi connectivity index (χ1) is 10.8. The molecule has 0 aliphatic rings. The lowest BCUT2D eigenvalue weighted by Crippen LogP contribution is -2.26. The zero-order chi connectivity index (χ0) is 17.0. The van der Waals surface area contributed by atoms with Crippen molar-refractivity contribution in [3.63, 3.8) is 0 Å². The van der Waals surface area contributed by atoms with Gasteiger partial charge in [0.15, 0.2) is 6.29 Å². The fourth-order valence-electron chi connectivity index (χ4n) is 1.86. The molecule has 2 rings (SSSR count). The molecular formula is C15H18N4O4. The van der Waals surface area contributed by atoms with Gasteiger partial charge in [-0.3, -0.25) is 9.59 Å². The minimum Gasteiger partial charge on any atom is -0.494 e. The highest BCUT2D eigenvalue weighted by Crippen LogP contribution is 2.20. The van der Waals surface area contributed by atoms with Crippen LogP contribution < -0.4 is 4.74 Å². The molecule has 2 aromatic rings. The van der Waals surface area contributed by atoms with Gasteiger partial charge in [0.2, 0.25) is 0 Å². The van der Waals surface area contributed by atoms with Gasteiger partial charge in [-0.25, -0.2) is 9.67 Å². The van der Waals surface area contributed by atoms with Gasteiger partial charge < -0.3 is 9.47 Å². The summed E-state index contributed by atoms with van der Waals surface area (Å²) in [6.07, 6.45) is 2.17. The van der Waals surface area contributed by atoms with Crippen LogP contribution in [0.25, 0.3) is 11.4 Å². The average molecular weight is 318 g/mol. The number of esters is 1. The summed E-state index contributed by atoms with van der Waals surface area (Å²) in [5, 5.41) is 7.82. The maximum atomic E-state index is 11.8. The second-order valence-electron chi connectivity index (χ2n) is 5.79. The lowest BCUT2D eigenvalue weighted by atomic mass is 10.2. The van der Waals surface area contributed by atoms with E-state index < -0.39 is 11.6 Å². The molecule has 0 amide bonds. The van der Waals surface area contributed by atoms with E-state index in [9.17, 15) is 9.59 Å². The molecule has 0 fully saturated rings. The average Bonchev–Trinajstić information content (AvgIpc) is 2.92. The van der Waals surface area contributed by atoms with Crippen molar-refractivity contribution in [2.45, 2.75) is 32.9 Å². The monoisotopic (exact) mass is 318 g/mol.